The van der Waals surface area contributed by atoms with Crippen LogP contribution in [0.15, 0.2) is 29.8 Å². The minimum atomic E-state index is 0.0652. The lowest BCUT2D eigenvalue weighted by Gasteiger charge is -2.23. The molecular formula is C11H15N3O2S. The molecule has 6 heteroatoms. The van der Waals surface area contributed by atoms with E-state index in [9.17, 15) is 0 Å². The fourth-order valence-electron chi connectivity index (χ4n) is 1.68. The molecule has 0 saturated heterocycles. The van der Waals surface area contributed by atoms with Gasteiger partial charge in [-0.25, -0.2) is 4.98 Å². The van der Waals surface area contributed by atoms with Crippen LogP contribution in [0.25, 0.3) is 0 Å². The van der Waals surface area contributed by atoms with Crippen molar-refractivity contribution in [3.8, 4) is 0 Å². The van der Waals surface area contributed by atoms with Crippen molar-refractivity contribution >= 4 is 16.7 Å². The summed E-state index contributed by atoms with van der Waals surface area (Å²) >= 11 is 1.35. The number of methoxy groups -OCH3 is 2. The molecule has 1 aliphatic rings. The van der Waals surface area contributed by atoms with Crippen molar-refractivity contribution in [1.29, 1.82) is 0 Å². The molecule has 0 aliphatic heterocycles. The standard InChI is InChI=1S/C11H15N3O2S/c1-15-9-4-3-8(10(5-9)16-2)6-12-11-13-7-14-17-11/h3-4,7,10H,5-6H2,1-2H3,(H,12,13,14). The molecule has 1 unspecified atom stereocenters. The van der Waals surface area contributed by atoms with E-state index in [2.05, 4.69) is 14.7 Å². The Morgan fingerprint density at radius 1 is 1.47 bits per heavy atom. The van der Waals surface area contributed by atoms with Crippen LogP contribution < -0.4 is 5.32 Å². The number of nitrogens with one attached hydrogen (secondary N) is 1. The Hall–Kier alpha value is -1.40. The van der Waals surface area contributed by atoms with E-state index in [4.69, 9.17) is 9.47 Å². The Morgan fingerprint density at radius 2 is 2.35 bits per heavy atom. The second kappa shape index (κ2) is 5.79. The summed E-state index contributed by atoms with van der Waals surface area (Å²) in [6, 6.07) is 0. The van der Waals surface area contributed by atoms with Gasteiger partial charge in [0, 0.05) is 31.6 Å². The van der Waals surface area contributed by atoms with Gasteiger partial charge in [0.25, 0.3) is 0 Å². The van der Waals surface area contributed by atoms with Crippen molar-refractivity contribution in [2.45, 2.75) is 12.5 Å². The van der Waals surface area contributed by atoms with Crippen molar-refractivity contribution < 1.29 is 9.47 Å². The largest absolute Gasteiger partial charge is 0.501 e. The highest BCUT2D eigenvalue weighted by Crippen LogP contribution is 2.22. The van der Waals surface area contributed by atoms with E-state index < -0.39 is 0 Å². The fraction of sp³-hybridized carbons (Fsp3) is 0.455. The van der Waals surface area contributed by atoms with Crippen LogP contribution in [0.5, 0.6) is 0 Å². The van der Waals surface area contributed by atoms with E-state index in [1.165, 1.54) is 17.1 Å². The minimum absolute atomic E-state index is 0.0652. The van der Waals surface area contributed by atoms with Crippen LogP contribution in [-0.4, -0.2) is 36.2 Å². The fourth-order valence-corrected chi connectivity index (χ4v) is 2.10. The van der Waals surface area contributed by atoms with Crippen molar-refractivity contribution in [3.63, 3.8) is 0 Å². The Labute approximate surface area is 104 Å². The van der Waals surface area contributed by atoms with Crippen LogP contribution in [-0.2, 0) is 9.47 Å². The molecule has 0 bridgehead atoms. The summed E-state index contributed by atoms with van der Waals surface area (Å²) in [5.74, 6) is 0.941. The van der Waals surface area contributed by atoms with Gasteiger partial charge in [0.2, 0.25) is 5.13 Å². The number of ether oxygens (including phenoxy) is 2. The van der Waals surface area contributed by atoms with Crippen LogP contribution in [0, 0.1) is 0 Å². The second-order valence-electron chi connectivity index (χ2n) is 3.61. The maximum absolute atomic E-state index is 5.44. The molecule has 17 heavy (non-hydrogen) atoms. The van der Waals surface area contributed by atoms with Gasteiger partial charge in [-0.05, 0) is 11.6 Å². The number of rotatable bonds is 5. The van der Waals surface area contributed by atoms with Crippen LogP contribution in [0.3, 0.4) is 0 Å². The lowest BCUT2D eigenvalue weighted by atomic mass is 10.00. The van der Waals surface area contributed by atoms with Crippen molar-refractivity contribution in [2.75, 3.05) is 26.1 Å². The highest BCUT2D eigenvalue weighted by Gasteiger charge is 2.19. The first-order valence-corrected chi connectivity index (χ1v) is 6.07. The third kappa shape index (κ3) is 3.04. The first-order valence-electron chi connectivity index (χ1n) is 5.30. The average Bonchev–Trinajstić information content (AvgIpc) is 2.89. The lowest BCUT2D eigenvalue weighted by molar-refractivity contribution is 0.112. The predicted octanol–water partition coefficient (Wildman–Crippen LogP) is 1.83. The third-order valence-corrected chi connectivity index (χ3v) is 3.26. The summed E-state index contributed by atoms with van der Waals surface area (Å²) in [5.41, 5.74) is 1.18. The Balaban J connectivity index is 1.98. The molecule has 0 aromatic carbocycles. The number of aromatic nitrogens is 2. The monoisotopic (exact) mass is 253 g/mol. The molecule has 5 nitrogen and oxygen atoms in total. The summed E-state index contributed by atoms with van der Waals surface area (Å²) in [6.07, 6.45) is 6.39. The summed E-state index contributed by atoms with van der Waals surface area (Å²) in [5, 5.41) is 4.04. The van der Waals surface area contributed by atoms with Crippen molar-refractivity contribution in [3.05, 3.63) is 29.8 Å². The summed E-state index contributed by atoms with van der Waals surface area (Å²) < 4.78 is 14.6. The van der Waals surface area contributed by atoms with Gasteiger partial charge in [0.05, 0.1) is 19.0 Å². The van der Waals surface area contributed by atoms with E-state index in [0.29, 0.717) is 6.54 Å². The van der Waals surface area contributed by atoms with Gasteiger partial charge in [-0.2, -0.15) is 4.37 Å². The molecule has 92 valence electrons. The van der Waals surface area contributed by atoms with E-state index in [0.717, 1.165) is 17.3 Å². The van der Waals surface area contributed by atoms with Gasteiger partial charge in [0.1, 0.15) is 6.33 Å². The third-order valence-electron chi connectivity index (χ3n) is 2.64. The summed E-state index contributed by atoms with van der Waals surface area (Å²) in [7, 11) is 3.39. The minimum Gasteiger partial charge on any atom is -0.501 e. The Kier molecular flexibility index (Phi) is 4.11. The quantitative estimate of drug-likeness (QED) is 0.867. The van der Waals surface area contributed by atoms with Crippen LogP contribution in [0.1, 0.15) is 6.42 Å². The van der Waals surface area contributed by atoms with Gasteiger partial charge >= 0.3 is 0 Å². The molecule has 1 N–H and O–H groups in total. The average molecular weight is 253 g/mol. The number of anilines is 1. The molecule has 0 saturated carbocycles. The van der Waals surface area contributed by atoms with E-state index >= 15 is 0 Å². The van der Waals surface area contributed by atoms with Crippen LogP contribution in [0.2, 0.25) is 0 Å². The van der Waals surface area contributed by atoms with Gasteiger partial charge < -0.3 is 14.8 Å². The molecule has 0 radical (unpaired) electrons. The maximum Gasteiger partial charge on any atom is 0.202 e. The predicted molar refractivity (Wildman–Crippen MR) is 67.0 cm³/mol. The van der Waals surface area contributed by atoms with Crippen molar-refractivity contribution in [1.82, 2.24) is 9.36 Å². The summed E-state index contributed by atoms with van der Waals surface area (Å²) in [4.78, 5) is 4.07. The Morgan fingerprint density at radius 3 is 3.00 bits per heavy atom. The first kappa shape index (κ1) is 12.1. The normalized spacial score (nSPS) is 19.5. The highest BCUT2D eigenvalue weighted by molar-refractivity contribution is 7.09. The zero-order valence-corrected chi connectivity index (χ0v) is 10.7. The molecule has 0 fully saturated rings. The SMILES string of the molecule is COC1=CC=C(CNc2ncns2)C(OC)C1. The molecule has 1 heterocycles. The number of allylic oxidation sites excluding steroid dienone is 2. The number of hydrogen-bond donors (Lipinski definition) is 1. The smallest absolute Gasteiger partial charge is 0.202 e. The maximum atomic E-state index is 5.44. The van der Waals surface area contributed by atoms with Crippen molar-refractivity contribution in [2.24, 2.45) is 0 Å². The molecule has 1 aromatic rings. The molecule has 1 aromatic heterocycles. The van der Waals surface area contributed by atoms with Gasteiger partial charge in [-0.15, -0.1) is 0 Å². The number of hydrogen-bond acceptors (Lipinski definition) is 6. The van der Waals surface area contributed by atoms with E-state index in [-0.39, 0.29) is 6.10 Å². The van der Waals surface area contributed by atoms with Gasteiger partial charge in [-0.1, -0.05) is 6.08 Å². The Bertz CT molecular complexity index is 414. The molecule has 0 spiro atoms. The molecular weight excluding hydrogens is 238 g/mol. The zero-order valence-electron chi connectivity index (χ0n) is 9.84. The van der Waals surface area contributed by atoms with Crippen LogP contribution >= 0.6 is 11.5 Å². The van der Waals surface area contributed by atoms with Gasteiger partial charge in [-0.3, -0.25) is 0 Å². The van der Waals surface area contributed by atoms with E-state index in [1.807, 2.05) is 12.2 Å². The van der Waals surface area contributed by atoms with Gasteiger partial charge in [0.15, 0.2) is 0 Å². The lowest BCUT2D eigenvalue weighted by Crippen LogP contribution is -2.23. The second-order valence-corrected chi connectivity index (χ2v) is 4.39. The van der Waals surface area contributed by atoms with Crippen LogP contribution in [0.4, 0.5) is 5.13 Å². The summed E-state index contributed by atoms with van der Waals surface area (Å²) in [6.45, 7) is 0.710. The highest BCUT2D eigenvalue weighted by atomic mass is 32.1. The number of nitrogens with zero attached hydrogens (tertiary/aromatic N) is 2. The molecule has 1 atom stereocenters. The molecule has 2 rings (SSSR count). The molecule has 1 aliphatic carbocycles. The first-order chi connectivity index (χ1) is 8.33. The topological polar surface area (TPSA) is 56.3 Å². The van der Waals surface area contributed by atoms with E-state index in [1.54, 1.807) is 20.5 Å². The zero-order chi connectivity index (χ0) is 12.1. The molecule has 0 amide bonds.